The van der Waals surface area contributed by atoms with Crippen LogP contribution in [0.2, 0.25) is 0 Å². The van der Waals surface area contributed by atoms with Gasteiger partial charge in [0.05, 0.1) is 12.8 Å². The fourth-order valence-corrected chi connectivity index (χ4v) is 4.32. The van der Waals surface area contributed by atoms with E-state index >= 15 is 0 Å². The van der Waals surface area contributed by atoms with Gasteiger partial charge < -0.3 is 20.8 Å². The minimum absolute atomic E-state index is 0.0165. The number of carbonyl (C=O) groups is 2. The van der Waals surface area contributed by atoms with Gasteiger partial charge in [0.15, 0.2) is 0 Å². The monoisotopic (exact) mass is 582 g/mol. The van der Waals surface area contributed by atoms with Crippen molar-refractivity contribution in [2.75, 3.05) is 10.6 Å². The number of hydrogen-bond acceptors (Lipinski definition) is 4. The van der Waals surface area contributed by atoms with Crippen molar-refractivity contribution < 1.29 is 19.8 Å². The van der Waals surface area contributed by atoms with E-state index in [9.17, 15) is 19.8 Å². The first-order valence-corrected chi connectivity index (χ1v) is 11.9. The molecule has 0 fully saturated rings. The minimum Gasteiger partial charge on any atom is -0.508 e. The number of benzene rings is 4. The van der Waals surface area contributed by atoms with Gasteiger partial charge in [0.2, 0.25) is 11.8 Å². The van der Waals surface area contributed by atoms with Crippen LogP contribution in [0.1, 0.15) is 11.1 Å². The normalized spacial score (nSPS) is 10.8. The number of amides is 2. The Morgan fingerprint density at radius 2 is 1.06 bits per heavy atom. The van der Waals surface area contributed by atoms with Gasteiger partial charge in [-0.3, -0.25) is 9.59 Å². The first-order chi connectivity index (χ1) is 16.3. The summed E-state index contributed by atoms with van der Waals surface area (Å²) >= 11 is 6.57. The standard InChI is InChI=1S/C26H20Br2N2O4/c27-17-7-5-15(23(31)13-17)11-25(33)29-21-9-10-22(20-4-2-1-3-19(20)21)30-26(34)12-16-6-8-18(28)14-24(16)32/h1-10,13-14,31-32H,11-12H2,(H,29,33)(H,30,34). The zero-order chi connectivity index (χ0) is 24.2. The highest BCUT2D eigenvalue weighted by Crippen LogP contribution is 2.31. The predicted octanol–water partition coefficient (Wildman–Crippen LogP) is 6.14. The first-order valence-electron chi connectivity index (χ1n) is 10.4. The average molecular weight is 584 g/mol. The fourth-order valence-electron chi connectivity index (χ4n) is 3.62. The number of phenolic OH excluding ortho intramolecular Hbond substituents is 2. The zero-order valence-corrected chi connectivity index (χ0v) is 21.0. The molecular weight excluding hydrogens is 564 g/mol. The average Bonchev–Trinajstić information content (AvgIpc) is 2.79. The number of anilines is 2. The second kappa shape index (κ2) is 10.3. The summed E-state index contributed by atoms with van der Waals surface area (Å²) in [6, 6.07) is 20.9. The maximum atomic E-state index is 12.7. The number of nitrogens with one attached hydrogen (secondary N) is 2. The summed E-state index contributed by atoms with van der Waals surface area (Å²) < 4.78 is 1.46. The molecule has 0 radical (unpaired) electrons. The molecule has 0 aliphatic carbocycles. The van der Waals surface area contributed by atoms with E-state index in [0.29, 0.717) is 22.5 Å². The van der Waals surface area contributed by atoms with Gasteiger partial charge >= 0.3 is 0 Å². The molecule has 4 N–H and O–H groups in total. The molecule has 6 nitrogen and oxygen atoms in total. The minimum atomic E-state index is -0.273. The molecule has 8 heteroatoms. The van der Waals surface area contributed by atoms with Crippen molar-refractivity contribution in [2.24, 2.45) is 0 Å². The van der Waals surface area contributed by atoms with Gasteiger partial charge in [0.1, 0.15) is 11.5 Å². The van der Waals surface area contributed by atoms with Crippen LogP contribution in [0.5, 0.6) is 11.5 Å². The van der Waals surface area contributed by atoms with Crippen LogP contribution in [0.25, 0.3) is 10.8 Å². The number of rotatable bonds is 6. The summed E-state index contributed by atoms with van der Waals surface area (Å²) in [5, 5.41) is 27.5. The third-order valence-electron chi connectivity index (χ3n) is 5.27. The maximum Gasteiger partial charge on any atom is 0.228 e. The Morgan fingerprint density at radius 3 is 1.44 bits per heavy atom. The molecule has 4 rings (SSSR count). The molecule has 34 heavy (non-hydrogen) atoms. The van der Waals surface area contributed by atoms with Crippen molar-refractivity contribution in [3.63, 3.8) is 0 Å². The van der Waals surface area contributed by atoms with Gasteiger partial charge in [-0.1, -0.05) is 68.3 Å². The molecule has 0 atom stereocenters. The molecule has 0 aliphatic heterocycles. The van der Waals surface area contributed by atoms with E-state index < -0.39 is 0 Å². The largest absolute Gasteiger partial charge is 0.508 e. The van der Waals surface area contributed by atoms with Gasteiger partial charge in [0, 0.05) is 42.2 Å². The fraction of sp³-hybridized carbons (Fsp3) is 0.0769. The van der Waals surface area contributed by atoms with Crippen LogP contribution in [0.3, 0.4) is 0 Å². The highest BCUT2D eigenvalue weighted by atomic mass is 79.9. The Bertz CT molecular complexity index is 1300. The van der Waals surface area contributed by atoms with Crippen molar-refractivity contribution in [2.45, 2.75) is 12.8 Å². The lowest BCUT2D eigenvalue weighted by Crippen LogP contribution is -2.16. The Balaban J connectivity index is 1.52. The maximum absolute atomic E-state index is 12.7. The van der Waals surface area contributed by atoms with Crippen LogP contribution >= 0.6 is 31.9 Å². The van der Waals surface area contributed by atoms with Crippen molar-refractivity contribution in [3.8, 4) is 11.5 Å². The predicted molar refractivity (Wildman–Crippen MR) is 140 cm³/mol. The van der Waals surface area contributed by atoms with E-state index in [0.717, 1.165) is 19.7 Å². The summed E-state index contributed by atoms with van der Waals surface area (Å²) in [4.78, 5) is 25.3. The topological polar surface area (TPSA) is 98.7 Å². The number of halogens is 2. The van der Waals surface area contributed by atoms with Crippen molar-refractivity contribution in [1.29, 1.82) is 0 Å². The summed E-state index contributed by atoms with van der Waals surface area (Å²) in [7, 11) is 0. The molecule has 0 unspecified atom stereocenters. The first kappa shape index (κ1) is 23.8. The van der Waals surface area contributed by atoms with E-state index in [4.69, 9.17) is 0 Å². The summed E-state index contributed by atoms with van der Waals surface area (Å²) in [5.41, 5.74) is 2.23. The third-order valence-corrected chi connectivity index (χ3v) is 6.26. The zero-order valence-electron chi connectivity index (χ0n) is 17.8. The number of aromatic hydroxyl groups is 2. The molecule has 0 heterocycles. The third kappa shape index (κ3) is 5.58. The highest BCUT2D eigenvalue weighted by molar-refractivity contribution is 9.10. The van der Waals surface area contributed by atoms with Crippen molar-refractivity contribution in [1.82, 2.24) is 0 Å². The summed E-state index contributed by atoms with van der Waals surface area (Å²) in [6.45, 7) is 0. The molecule has 0 saturated carbocycles. The molecule has 0 saturated heterocycles. The number of phenols is 2. The van der Waals surface area contributed by atoms with Crippen LogP contribution in [-0.2, 0) is 22.4 Å². The Morgan fingerprint density at radius 1 is 0.647 bits per heavy atom. The molecule has 0 spiro atoms. The summed E-state index contributed by atoms with van der Waals surface area (Å²) in [5.74, 6) is -0.455. The molecule has 0 aromatic heterocycles. The number of carbonyl (C=O) groups excluding carboxylic acids is 2. The quantitative estimate of drug-likeness (QED) is 0.219. The van der Waals surface area contributed by atoms with Crippen LogP contribution in [0.15, 0.2) is 81.7 Å². The summed E-state index contributed by atoms with van der Waals surface area (Å²) in [6.07, 6.45) is 0.0330. The molecule has 0 aliphatic rings. The van der Waals surface area contributed by atoms with Gasteiger partial charge in [-0.15, -0.1) is 0 Å². The van der Waals surface area contributed by atoms with Crippen LogP contribution < -0.4 is 10.6 Å². The second-order valence-electron chi connectivity index (χ2n) is 7.70. The lowest BCUT2D eigenvalue weighted by molar-refractivity contribution is -0.116. The van der Waals surface area contributed by atoms with Crippen LogP contribution in [0.4, 0.5) is 11.4 Å². The molecular formula is C26H20Br2N2O4. The van der Waals surface area contributed by atoms with Gasteiger partial charge in [-0.2, -0.15) is 0 Å². The van der Waals surface area contributed by atoms with Gasteiger partial charge in [-0.25, -0.2) is 0 Å². The Kier molecular flexibility index (Phi) is 7.19. The number of fused-ring (bicyclic) bond motifs is 1. The molecule has 0 bridgehead atoms. The molecule has 2 amide bonds. The number of hydrogen-bond donors (Lipinski definition) is 4. The van der Waals surface area contributed by atoms with Crippen LogP contribution in [0, 0.1) is 0 Å². The van der Waals surface area contributed by atoms with Crippen LogP contribution in [-0.4, -0.2) is 22.0 Å². The Labute approximate surface area is 212 Å². The van der Waals surface area contributed by atoms with E-state index in [-0.39, 0.29) is 36.2 Å². The molecule has 4 aromatic rings. The molecule has 4 aromatic carbocycles. The van der Waals surface area contributed by atoms with Crippen molar-refractivity contribution >= 4 is 65.8 Å². The Hall–Kier alpha value is -3.36. The van der Waals surface area contributed by atoms with E-state index in [1.54, 1.807) is 48.5 Å². The van der Waals surface area contributed by atoms with Gasteiger partial charge in [-0.05, 0) is 36.4 Å². The van der Waals surface area contributed by atoms with E-state index in [1.165, 1.54) is 0 Å². The van der Waals surface area contributed by atoms with Gasteiger partial charge in [0.25, 0.3) is 0 Å². The van der Waals surface area contributed by atoms with Crippen molar-refractivity contribution in [3.05, 3.63) is 92.9 Å². The highest BCUT2D eigenvalue weighted by Gasteiger charge is 2.14. The van der Waals surface area contributed by atoms with E-state index in [2.05, 4.69) is 42.5 Å². The lowest BCUT2D eigenvalue weighted by Gasteiger charge is -2.14. The smallest absolute Gasteiger partial charge is 0.228 e. The lowest BCUT2D eigenvalue weighted by atomic mass is 10.1. The second-order valence-corrected chi connectivity index (χ2v) is 9.53. The molecule has 172 valence electrons. The SMILES string of the molecule is O=C(Cc1ccc(Br)cc1O)Nc1ccc(NC(=O)Cc2ccc(Br)cc2O)c2ccccc12. The van der Waals surface area contributed by atoms with E-state index in [1.807, 2.05) is 24.3 Å².